The molecule has 2 aromatic rings. The Bertz CT molecular complexity index is 573. The molecule has 3 nitrogen and oxygen atoms in total. The smallest absolute Gasteiger partial charge is 0.308 e. The molecule has 19 heavy (non-hydrogen) atoms. The predicted molar refractivity (Wildman–Crippen MR) is 80.0 cm³/mol. The number of amides is 2. The van der Waals surface area contributed by atoms with Gasteiger partial charge in [-0.15, -0.1) is 0 Å². The quantitative estimate of drug-likeness (QED) is 0.825. The number of rotatable bonds is 2. The molecule has 4 heteroatoms. The van der Waals surface area contributed by atoms with E-state index in [-0.39, 0.29) is 6.03 Å². The lowest BCUT2D eigenvalue weighted by Gasteiger charge is -2.09. The fourth-order valence-electron chi connectivity index (χ4n) is 1.87. The minimum absolute atomic E-state index is 0.271. The second kappa shape index (κ2) is 5.76. The van der Waals surface area contributed by atoms with Crippen molar-refractivity contribution in [3.05, 3.63) is 58.6 Å². The van der Waals surface area contributed by atoms with E-state index in [9.17, 15) is 4.79 Å². The van der Waals surface area contributed by atoms with Gasteiger partial charge in [0.2, 0.25) is 0 Å². The van der Waals surface area contributed by atoms with E-state index in [0.29, 0.717) is 10.7 Å². The summed E-state index contributed by atoms with van der Waals surface area (Å²) in [5.74, 6) is 0. The van der Waals surface area contributed by atoms with E-state index in [1.165, 1.54) is 0 Å². The summed E-state index contributed by atoms with van der Waals surface area (Å²) >= 11 is 5.78. The number of hydrogen-bond acceptors (Lipinski definition) is 1. The van der Waals surface area contributed by atoms with Crippen LogP contribution in [0, 0.1) is 13.8 Å². The molecular weight excluding hydrogens is 260 g/mol. The minimum atomic E-state index is -0.271. The molecule has 2 aromatic carbocycles. The van der Waals surface area contributed by atoms with Gasteiger partial charge in [-0.3, -0.25) is 0 Å². The number of nitrogens with one attached hydrogen (secondary N) is 2. The number of carbonyl (C=O) groups is 1. The average Bonchev–Trinajstić information content (AvgIpc) is 2.30. The highest BCUT2D eigenvalue weighted by Gasteiger charge is 2.03. The Morgan fingerprint density at radius 1 is 0.895 bits per heavy atom. The Hall–Kier alpha value is -2.00. The number of hydrogen-bond donors (Lipinski definition) is 2. The summed E-state index contributed by atoms with van der Waals surface area (Å²) in [7, 11) is 0. The van der Waals surface area contributed by atoms with Gasteiger partial charge in [0.25, 0.3) is 0 Å². The third-order valence-electron chi connectivity index (χ3n) is 2.58. The molecule has 0 heterocycles. The van der Waals surface area contributed by atoms with Crippen molar-refractivity contribution in [1.82, 2.24) is 0 Å². The molecule has 98 valence electrons. The van der Waals surface area contributed by atoms with Crippen molar-refractivity contribution in [2.75, 3.05) is 10.6 Å². The van der Waals surface area contributed by atoms with Gasteiger partial charge in [-0.1, -0.05) is 17.7 Å². The number of halogens is 1. The average molecular weight is 275 g/mol. The van der Waals surface area contributed by atoms with Crippen molar-refractivity contribution < 1.29 is 4.79 Å². The highest BCUT2D eigenvalue weighted by Crippen LogP contribution is 2.16. The Labute approximate surface area is 117 Å². The number of aryl methyl sites for hydroxylation is 2. The molecule has 0 fully saturated rings. The highest BCUT2D eigenvalue weighted by molar-refractivity contribution is 6.30. The van der Waals surface area contributed by atoms with Crippen LogP contribution < -0.4 is 10.6 Å². The fourth-order valence-corrected chi connectivity index (χ4v) is 2.00. The number of benzene rings is 2. The summed E-state index contributed by atoms with van der Waals surface area (Å²) in [4.78, 5) is 11.8. The van der Waals surface area contributed by atoms with Crippen molar-refractivity contribution in [2.24, 2.45) is 0 Å². The van der Waals surface area contributed by atoms with Crippen molar-refractivity contribution in [2.45, 2.75) is 13.8 Å². The number of carbonyl (C=O) groups excluding carboxylic acids is 1. The Morgan fingerprint density at radius 3 is 2.00 bits per heavy atom. The topological polar surface area (TPSA) is 41.1 Å². The zero-order valence-electron chi connectivity index (χ0n) is 10.8. The molecule has 2 amide bonds. The third kappa shape index (κ3) is 4.00. The zero-order valence-corrected chi connectivity index (χ0v) is 11.6. The molecule has 0 radical (unpaired) electrons. The summed E-state index contributed by atoms with van der Waals surface area (Å²) in [6, 6.07) is 12.6. The molecule has 0 saturated carbocycles. The summed E-state index contributed by atoms with van der Waals surface area (Å²) in [5.41, 5.74) is 3.71. The second-order valence-electron chi connectivity index (χ2n) is 4.46. The molecule has 0 aliphatic rings. The minimum Gasteiger partial charge on any atom is -0.308 e. The van der Waals surface area contributed by atoms with Gasteiger partial charge in [0, 0.05) is 16.4 Å². The lowest BCUT2D eigenvalue weighted by molar-refractivity contribution is 0.262. The summed E-state index contributed by atoms with van der Waals surface area (Å²) in [5, 5.41) is 6.19. The maximum absolute atomic E-state index is 11.8. The molecule has 2 N–H and O–H groups in total. The second-order valence-corrected chi connectivity index (χ2v) is 4.90. The van der Waals surface area contributed by atoms with Crippen molar-refractivity contribution in [3.8, 4) is 0 Å². The molecule has 2 rings (SSSR count). The maximum atomic E-state index is 11.8. The van der Waals surface area contributed by atoms with Gasteiger partial charge in [-0.05, 0) is 61.4 Å². The normalized spacial score (nSPS) is 10.1. The van der Waals surface area contributed by atoms with E-state index in [4.69, 9.17) is 11.6 Å². The Kier molecular flexibility index (Phi) is 4.07. The van der Waals surface area contributed by atoms with Crippen LogP contribution in [0.5, 0.6) is 0 Å². The van der Waals surface area contributed by atoms with E-state index in [2.05, 4.69) is 16.7 Å². The van der Waals surface area contributed by atoms with Gasteiger partial charge in [-0.2, -0.15) is 0 Å². The summed E-state index contributed by atoms with van der Waals surface area (Å²) in [6.45, 7) is 3.99. The van der Waals surface area contributed by atoms with Crippen LogP contribution in [0.3, 0.4) is 0 Å². The first kappa shape index (κ1) is 13.4. The van der Waals surface area contributed by atoms with E-state index >= 15 is 0 Å². The van der Waals surface area contributed by atoms with E-state index < -0.39 is 0 Å². The van der Waals surface area contributed by atoms with Gasteiger partial charge >= 0.3 is 6.03 Å². The molecular formula is C15H15ClN2O. The van der Waals surface area contributed by atoms with Gasteiger partial charge in [-0.25, -0.2) is 4.79 Å². The molecule has 0 aliphatic heterocycles. The first-order valence-electron chi connectivity index (χ1n) is 5.95. The highest BCUT2D eigenvalue weighted by atomic mass is 35.5. The largest absolute Gasteiger partial charge is 0.323 e. The SMILES string of the molecule is Cc1cc(C)cc(NC(=O)Nc2ccc(Cl)cc2)c1. The zero-order chi connectivity index (χ0) is 13.8. The molecule has 0 aromatic heterocycles. The summed E-state index contributed by atoms with van der Waals surface area (Å²) in [6.07, 6.45) is 0. The van der Waals surface area contributed by atoms with Gasteiger partial charge < -0.3 is 10.6 Å². The van der Waals surface area contributed by atoms with Gasteiger partial charge in [0.05, 0.1) is 0 Å². The molecule has 0 atom stereocenters. The van der Waals surface area contributed by atoms with Crippen LogP contribution in [0.15, 0.2) is 42.5 Å². The monoisotopic (exact) mass is 274 g/mol. The molecule has 0 aliphatic carbocycles. The van der Waals surface area contributed by atoms with Gasteiger partial charge in [0.15, 0.2) is 0 Å². The third-order valence-corrected chi connectivity index (χ3v) is 2.83. The number of urea groups is 1. The van der Waals surface area contributed by atoms with Crippen molar-refractivity contribution >= 4 is 29.0 Å². The lowest BCUT2D eigenvalue weighted by Crippen LogP contribution is -2.19. The summed E-state index contributed by atoms with van der Waals surface area (Å²) < 4.78 is 0. The van der Waals surface area contributed by atoms with Crippen molar-refractivity contribution in [3.63, 3.8) is 0 Å². The van der Waals surface area contributed by atoms with Crippen LogP contribution in [-0.4, -0.2) is 6.03 Å². The Balaban J connectivity index is 2.03. The molecule has 0 spiro atoms. The fraction of sp³-hybridized carbons (Fsp3) is 0.133. The first-order chi connectivity index (χ1) is 9.02. The van der Waals surface area contributed by atoms with Crippen molar-refractivity contribution in [1.29, 1.82) is 0 Å². The Morgan fingerprint density at radius 2 is 1.42 bits per heavy atom. The van der Waals surface area contributed by atoms with Crippen LogP contribution in [-0.2, 0) is 0 Å². The van der Waals surface area contributed by atoms with Crippen LogP contribution >= 0.6 is 11.6 Å². The molecule has 0 bridgehead atoms. The van der Waals surface area contributed by atoms with Crippen LogP contribution in [0.25, 0.3) is 0 Å². The van der Waals surface area contributed by atoms with E-state index in [0.717, 1.165) is 16.8 Å². The van der Waals surface area contributed by atoms with Crippen LogP contribution in [0.1, 0.15) is 11.1 Å². The predicted octanol–water partition coefficient (Wildman–Crippen LogP) is 4.60. The molecule has 0 unspecified atom stereocenters. The first-order valence-corrected chi connectivity index (χ1v) is 6.32. The maximum Gasteiger partial charge on any atom is 0.323 e. The number of anilines is 2. The lowest BCUT2D eigenvalue weighted by atomic mass is 10.1. The van der Waals surface area contributed by atoms with Crippen LogP contribution in [0.4, 0.5) is 16.2 Å². The van der Waals surface area contributed by atoms with E-state index in [1.807, 2.05) is 26.0 Å². The molecule has 0 saturated heterocycles. The standard InChI is InChI=1S/C15H15ClN2O/c1-10-7-11(2)9-14(8-10)18-15(19)17-13-5-3-12(16)4-6-13/h3-9H,1-2H3,(H2,17,18,19). The van der Waals surface area contributed by atoms with Gasteiger partial charge in [0.1, 0.15) is 0 Å². The van der Waals surface area contributed by atoms with E-state index in [1.54, 1.807) is 24.3 Å². The van der Waals surface area contributed by atoms with Crippen LogP contribution in [0.2, 0.25) is 5.02 Å².